The number of hydrogen-bond acceptors (Lipinski definition) is 5. The molecule has 0 radical (unpaired) electrons. The molecule has 88 valence electrons. The normalized spacial score (nSPS) is 12.7. The van der Waals surface area contributed by atoms with Crippen molar-refractivity contribution in [2.24, 2.45) is 0 Å². The number of halogens is 1. The van der Waals surface area contributed by atoms with Gasteiger partial charge in [0, 0.05) is 13.2 Å². The van der Waals surface area contributed by atoms with Crippen molar-refractivity contribution in [1.82, 2.24) is 0 Å². The summed E-state index contributed by atoms with van der Waals surface area (Å²) in [5.74, 6) is 2.33. The highest BCUT2D eigenvalue weighted by Gasteiger charge is 2.25. The summed E-state index contributed by atoms with van der Waals surface area (Å²) in [5.41, 5.74) is 0. The van der Waals surface area contributed by atoms with E-state index in [2.05, 4.69) is 15.9 Å². The minimum Gasteiger partial charge on any atom is -0.493 e. The molecule has 1 aromatic carbocycles. The molecule has 0 atom stereocenters. The van der Waals surface area contributed by atoms with Gasteiger partial charge in [0.15, 0.2) is 18.3 Å². The van der Waals surface area contributed by atoms with Crippen molar-refractivity contribution < 1.29 is 23.7 Å². The summed E-state index contributed by atoms with van der Waals surface area (Å²) in [6, 6.07) is 1.72. The second kappa shape index (κ2) is 4.80. The largest absolute Gasteiger partial charge is 0.493 e. The lowest BCUT2D eigenvalue weighted by Crippen LogP contribution is -2.00. The van der Waals surface area contributed by atoms with Crippen LogP contribution >= 0.6 is 15.9 Å². The Hall–Kier alpha value is -1.14. The van der Waals surface area contributed by atoms with Crippen molar-refractivity contribution in [3.05, 3.63) is 10.5 Å². The molecule has 0 N–H and O–H groups in total. The fourth-order valence-corrected chi connectivity index (χ4v) is 1.89. The number of ether oxygens (including phenoxy) is 5. The highest BCUT2D eigenvalue weighted by Crippen LogP contribution is 2.50. The zero-order valence-electron chi connectivity index (χ0n) is 8.91. The van der Waals surface area contributed by atoms with Crippen LogP contribution in [0.15, 0.2) is 10.5 Å². The summed E-state index contributed by atoms with van der Waals surface area (Å²) in [7, 11) is 3.11. The Morgan fingerprint density at radius 2 is 2.00 bits per heavy atom. The van der Waals surface area contributed by atoms with E-state index in [1.807, 2.05) is 0 Å². The summed E-state index contributed by atoms with van der Waals surface area (Å²) < 4.78 is 26.7. The minimum atomic E-state index is 0.154. The molecule has 2 rings (SSSR count). The first-order valence-corrected chi connectivity index (χ1v) is 5.35. The van der Waals surface area contributed by atoms with E-state index in [4.69, 9.17) is 23.7 Å². The maximum absolute atomic E-state index is 5.37. The van der Waals surface area contributed by atoms with Gasteiger partial charge < -0.3 is 23.7 Å². The molecule has 1 aliphatic rings. The fraction of sp³-hybridized carbons (Fsp3) is 0.400. The van der Waals surface area contributed by atoms with E-state index in [0.717, 1.165) is 0 Å². The monoisotopic (exact) mass is 290 g/mol. The van der Waals surface area contributed by atoms with Gasteiger partial charge in [0.2, 0.25) is 12.5 Å². The molecular weight excluding hydrogens is 280 g/mol. The molecule has 0 amide bonds. The summed E-state index contributed by atoms with van der Waals surface area (Å²) in [5, 5.41) is 0. The van der Waals surface area contributed by atoms with Gasteiger partial charge in [-0.3, -0.25) is 0 Å². The molecule has 16 heavy (non-hydrogen) atoms. The van der Waals surface area contributed by atoms with E-state index in [-0.39, 0.29) is 13.6 Å². The Morgan fingerprint density at radius 1 is 1.25 bits per heavy atom. The van der Waals surface area contributed by atoms with Crippen LogP contribution in [-0.4, -0.2) is 27.8 Å². The molecule has 1 aliphatic heterocycles. The third kappa shape index (κ3) is 1.90. The van der Waals surface area contributed by atoms with E-state index in [9.17, 15) is 0 Å². The van der Waals surface area contributed by atoms with Gasteiger partial charge in [-0.15, -0.1) is 0 Å². The van der Waals surface area contributed by atoms with Crippen LogP contribution in [0, 0.1) is 0 Å². The Morgan fingerprint density at radius 3 is 2.69 bits per heavy atom. The van der Waals surface area contributed by atoms with Crippen molar-refractivity contribution in [2.75, 3.05) is 27.8 Å². The first-order valence-electron chi connectivity index (χ1n) is 4.55. The summed E-state index contributed by atoms with van der Waals surface area (Å²) in [6.07, 6.45) is 0. The fourth-order valence-electron chi connectivity index (χ4n) is 1.36. The molecule has 0 aliphatic carbocycles. The van der Waals surface area contributed by atoms with Gasteiger partial charge in [0.05, 0.1) is 7.11 Å². The van der Waals surface area contributed by atoms with Crippen molar-refractivity contribution in [3.8, 4) is 23.0 Å². The smallest absolute Gasteiger partial charge is 0.231 e. The first-order chi connectivity index (χ1) is 7.77. The van der Waals surface area contributed by atoms with E-state index < -0.39 is 0 Å². The van der Waals surface area contributed by atoms with Crippen LogP contribution in [0.2, 0.25) is 0 Å². The van der Waals surface area contributed by atoms with Gasteiger partial charge in [-0.1, -0.05) is 0 Å². The van der Waals surface area contributed by atoms with Crippen LogP contribution in [-0.2, 0) is 4.74 Å². The Kier molecular flexibility index (Phi) is 3.40. The number of benzene rings is 1. The Labute approximate surface area is 101 Å². The van der Waals surface area contributed by atoms with Crippen LogP contribution in [0.1, 0.15) is 0 Å². The molecule has 1 aromatic rings. The van der Waals surface area contributed by atoms with E-state index >= 15 is 0 Å². The third-order valence-corrected chi connectivity index (χ3v) is 2.82. The molecule has 0 aromatic heterocycles. The average Bonchev–Trinajstić information content (AvgIpc) is 2.78. The van der Waals surface area contributed by atoms with Crippen molar-refractivity contribution in [3.63, 3.8) is 0 Å². The van der Waals surface area contributed by atoms with Gasteiger partial charge in [-0.25, -0.2) is 0 Å². The van der Waals surface area contributed by atoms with Crippen LogP contribution in [0.25, 0.3) is 0 Å². The molecule has 0 saturated carbocycles. The standard InChI is InChI=1S/C10H11BrO5/c1-12-4-14-6-3-7(13-2)9-10(8(6)11)16-5-15-9/h3H,4-5H2,1-2H3. The summed E-state index contributed by atoms with van der Waals surface area (Å²) in [4.78, 5) is 0. The molecular formula is C10H11BrO5. The number of fused-ring (bicyclic) bond motifs is 1. The van der Waals surface area contributed by atoms with Crippen molar-refractivity contribution >= 4 is 15.9 Å². The zero-order valence-corrected chi connectivity index (χ0v) is 10.5. The maximum atomic E-state index is 5.37. The predicted octanol–water partition coefficient (Wildman–Crippen LogP) is 2.17. The van der Waals surface area contributed by atoms with Gasteiger partial charge in [0.25, 0.3) is 0 Å². The molecule has 0 unspecified atom stereocenters. The van der Waals surface area contributed by atoms with Crippen LogP contribution in [0.5, 0.6) is 23.0 Å². The predicted molar refractivity (Wildman–Crippen MR) is 59.3 cm³/mol. The molecule has 0 spiro atoms. The van der Waals surface area contributed by atoms with Gasteiger partial charge in [-0.2, -0.15) is 0 Å². The SMILES string of the molecule is COCOc1cc(OC)c2c(c1Br)OCO2. The average molecular weight is 291 g/mol. The number of rotatable bonds is 4. The molecule has 0 bridgehead atoms. The lowest BCUT2D eigenvalue weighted by Gasteiger charge is -2.11. The molecule has 0 saturated heterocycles. The zero-order chi connectivity index (χ0) is 11.5. The summed E-state index contributed by atoms with van der Waals surface area (Å²) >= 11 is 3.38. The third-order valence-electron chi connectivity index (χ3n) is 2.07. The topological polar surface area (TPSA) is 46.2 Å². The second-order valence-electron chi connectivity index (χ2n) is 3.01. The van der Waals surface area contributed by atoms with E-state index in [1.165, 1.54) is 0 Å². The lowest BCUT2D eigenvalue weighted by atomic mass is 10.3. The molecule has 0 fully saturated rings. The first kappa shape index (κ1) is 11.3. The van der Waals surface area contributed by atoms with Crippen LogP contribution in [0.4, 0.5) is 0 Å². The Bertz CT molecular complexity index is 393. The van der Waals surface area contributed by atoms with E-state index in [0.29, 0.717) is 27.5 Å². The van der Waals surface area contributed by atoms with Gasteiger partial charge >= 0.3 is 0 Å². The molecule has 6 heteroatoms. The summed E-state index contributed by atoms with van der Waals surface area (Å²) in [6.45, 7) is 0.333. The number of methoxy groups -OCH3 is 2. The highest BCUT2D eigenvalue weighted by molar-refractivity contribution is 9.10. The highest BCUT2D eigenvalue weighted by atomic mass is 79.9. The van der Waals surface area contributed by atoms with Crippen LogP contribution < -0.4 is 18.9 Å². The molecule has 5 nitrogen and oxygen atoms in total. The molecule has 1 heterocycles. The van der Waals surface area contributed by atoms with Gasteiger partial charge in [-0.05, 0) is 15.9 Å². The Balaban J connectivity index is 2.39. The van der Waals surface area contributed by atoms with Crippen molar-refractivity contribution in [2.45, 2.75) is 0 Å². The lowest BCUT2D eigenvalue weighted by molar-refractivity contribution is 0.0503. The second-order valence-corrected chi connectivity index (χ2v) is 3.80. The van der Waals surface area contributed by atoms with Crippen molar-refractivity contribution in [1.29, 1.82) is 0 Å². The van der Waals surface area contributed by atoms with Gasteiger partial charge in [0.1, 0.15) is 10.2 Å². The minimum absolute atomic E-state index is 0.154. The quantitative estimate of drug-likeness (QED) is 0.796. The van der Waals surface area contributed by atoms with E-state index in [1.54, 1.807) is 20.3 Å². The number of hydrogen-bond donors (Lipinski definition) is 0. The van der Waals surface area contributed by atoms with Crippen LogP contribution in [0.3, 0.4) is 0 Å². The maximum Gasteiger partial charge on any atom is 0.231 e.